The zero-order chi connectivity index (χ0) is 19.4. The Bertz CT molecular complexity index is 924. The summed E-state index contributed by atoms with van der Waals surface area (Å²) in [5.74, 6) is 1.56. The maximum atomic E-state index is 12.1. The second kappa shape index (κ2) is 8.43. The minimum atomic E-state index is -2.89. The second-order valence-electron chi connectivity index (χ2n) is 6.92. The number of sulfone groups is 1. The first-order valence-electron chi connectivity index (χ1n) is 8.87. The van der Waals surface area contributed by atoms with Gasteiger partial charge in [0.1, 0.15) is 5.82 Å². The van der Waals surface area contributed by atoms with Crippen LogP contribution in [0.3, 0.4) is 0 Å². The monoisotopic (exact) mass is 408 g/mol. The van der Waals surface area contributed by atoms with E-state index in [1.807, 2.05) is 42.8 Å². The van der Waals surface area contributed by atoms with Gasteiger partial charge in [-0.2, -0.15) is 0 Å². The summed E-state index contributed by atoms with van der Waals surface area (Å²) < 4.78 is 25.0. The van der Waals surface area contributed by atoms with Crippen molar-refractivity contribution in [2.45, 2.75) is 31.5 Å². The predicted molar refractivity (Wildman–Crippen MR) is 105 cm³/mol. The number of aromatic nitrogens is 3. The van der Waals surface area contributed by atoms with E-state index in [1.165, 1.54) is 11.8 Å². The molecule has 1 aliphatic rings. The predicted octanol–water partition coefficient (Wildman–Crippen LogP) is 1.51. The van der Waals surface area contributed by atoms with Gasteiger partial charge in [-0.05, 0) is 30.4 Å². The van der Waals surface area contributed by atoms with Crippen LogP contribution in [0.5, 0.6) is 0 Å². The molecule has 1 atom stereocenters. The van der Waals surface area contributed by atoms with Crippen molar-refractivity contribution >= 4 is 27.5 Å². The van der Waals surface area contributed by atoms with E-state index in [-0.39, 0.29) is 29.1 Å². The molecule has 7 nitrogen and oxygen atoms in total. The summed E-state index contributed by atoms with van der Waals surface area (Å²) in [4.78, 5) is 12.1. The van der Waals surface area contributed by atoms with E-state index in [0.717, 1.165) is 17.0 Å². The van der Waals surface area contributed by atoms with Gasteiger partial charge in [0.25, 0.3) is 0 Å². The number of benzene rings is 1. The Morgan fingerprint density at radius 3 is 2.81 bits per heavy atom. The van der Waals surface area contributed by atoms with Crippen LogP contribution < -0.4 is 5.32 Å². The van der Waals surface area contributed by atoms with Crippen molar-refractivity contribution < 1.29 is 13.2 Å². The van der Waals surface area contributed by atoms with Crippen molar-refractivity contribution in [3.8, 4) is 0 Å². The highest BCUT2D eigenvalue weighted by atomic mass is 32.2. The fraction of sp³-hybridized carbons (Fsp3) is 0.500. The van der Waals surface area contributed by atoms with Gasteiger partial charge in [-0.15, -0.1) is 10.2 Å². The SMILES string of the molecule is Cc1ccccc1CNC(=O)CSc1nnc(C[C@@H]2CCS(=O)(=O)C2)n1C. The van der Waals surface area contributed by atoms with Crippen molar-refractivity contribution in [2.75, 3.05) is 17.3 Å². The normalized spacial score (nSPS) is 18.5. The zero-order valence-electron chi connectivity index (χ0n) is 15.5. The molecular weight excluding hydrogens is 384 g/mol. The Morgan fingerprint density at radius 1 is 1.33 bits per heavy atom. The molecule has 0 spiro atoms. The van der Waals surface area contributed by atoms with Crippen LogP contribution in [-0.2, 0) is 34.6 Å². The maximum absolute atomic E-state index is 12.1. The minimum absolute atomic E-state index is 0.0605. The summed E-state index contributed by atoms with van der Waals surface area (Å²) in [5, 5.41) is 11.9. The molecule has 1 N–H and O–H groups in total. The van der Waals surface area contributed by atoms with Crippen molar-refractivity contribution in [1.82, 2.24) is 20.1 Å². The molecular formula is C18H24N4O3S2. The van der Waals surface area contributed by atoms with Crippen molar-refractivity contribution in [3.63, 3.8) is 0 Å². The molecule has 0 unspecified atom stereocenters. The average Bonchev–Trinajstić information content (AvgIpc) is 3.15. The summed E-state index contributed by atoms with van der Waals surface area (Å²) in [6.07, 6.45) is 1.28. The quantitative estimate of drug-likeness (QED) is 0.698. The maximum Gasteiger partial charge on any atom is 0.230 e. The van der Waals surface area contributed by atoms with Gasteiger partial charge in [0.2, 0.25) is 5.91 Å². The Morgan fingerprint density at radius 2 is 2.11 bits per heavy atom. The van der Waals surface area contributed by atoms with Crippen molar-refractivity contribution in [2.24, 2.45) is 13.0 Å². The third kappa shape index (κ3) is 5.32. The van der Waals surface area contributed by atoms with E-state index < -0.39 is 9.84 Å². The Balaban J connectivity index is 1.49. The summed E-state index contributed by atoms with van der Waals surface area (Å²) in [6, 6.07) is 7.96. The molecule has 1 aromatic heterocycles. The summed E-state index contributed by atoms with van der Waals surface area (Å²) in [7, 11) is -1.04. The van der Waals surface area contributed by atoms with E-state index >= 15 is 0 Å². The molecule has 2 aromatic rings. The third-order valence-corrected chi connectivity index (χ3v) is 7.65. The molecule has 1 amide bonds. The van der Waals surface area contributed by atoms with E-state index in [1.54, 1.807) is 0 Å². The van der Waals surface area contributed by atoms with Gasteiger partial charge in [0, 0.05) is 20.0 Å². The highest BCUT2D eigenvalue weighted by Gasteiger charge is 2.29. The summed E-state index contributed by atoms with van der Waals surface area (Å²) in [6.45, 7) is 2.53. The van der Waals surface area contributed by atoms with Crippen LogP contribution in [0.25, 0.3) is 0 Å². The molecule has 0 bridgehead atoms. The van der Waals surface area contributed by atoms with Gasteiger partial charge in [-0.3, -0.25) is 4.79 Å². The van der Waals surface area contributed by atoms with Gasteiger partial charge < -0.3 is 9.88 Å². The smallest absolute Gasteiger partial charge is 0.230 e. The van der Waals surface area contributed by atoms with Crippen LogP contribution in [0.2, 0.25) is 0 Å². The fourth-order valence-electron chi connectivity index (χ4n) is 3.12. The molecule has 2 heterocycles. The van der Waals surface area contributed by atoms with Gasteiger partial charge in [0.15, 0.2) is 15.0 Å². The van der Waals surface area contributed by atoms with E-state index in [4.69, 9.17) is 0 Å². The van der Waals surface area contributed by atoms with Crippen molar-refractivity contribution in [1.29, 1.82) is 0 Å². The standard InChI is InChI=1S/C18H24N4O3S2/c1-13-5-3-4-6-15(13)10-19-17(23)11-26-18-21-20-16(22(18)2)9-14-7-8-27(24,25)12-14/h3-6,14H,7-12H2,1-2H3,(H,19,23)/t14-/m0/s1. The molecule has 1 aromatic carbocycles. The highest BCUT2D eigenvalue weighted by Crippen LogP contribution is 2.23. The zero-order valence-corrected chi connectivity index (χ0v) is 17.1. The molecule has 1 fully saturated rings. The molecule has 146 valence electrons. The number of rotatable bonds is 7. The molecule has 3 rings (SSSR count). The number of nitrogens with one attached hydrogen (secondary N) is 1. The molecule has 0 aliphatic carbocycles. The van der Waals surface area contributed by atoms with Crippen molar-refractivity contribution in [3.05, 3.63) is 41.2 Å². The first-order valence-corrected chi connectivity index (χ1v) is 11.7. The summed E-state index contributed by atoms with van der Waals surface area (Å²) >= 11 is 1.33. The summed E-state index contributed by atoms with van der Waals surface area (Å²) in [5.41, 5.74) is 2.25. The number of carbonyl (C=O) groups excluding carboxylic acids is 1. The lowest BCUT2D eigenvalue weighted by Gasteiger charge is -2.09. The highest BCUT2D eigenvalue weighted by molar-refractivity contribution is 7.99. The van der Waals surface area contributed by atoms with Crippen LogP contribution in [0, 0.1) is 12.8 Å². The number of hydrogen-bond acceptors (Lipinski definition) is 6. The largest absolute Gasteiger partial charge is 0.351 e. The molecule has 1 aliphatic heterocycles. The molecule has 0 radical (unpaired) electrons. The average molecular weight is 409 g/mol. The number of thioether (sulfide) groups is 1. The van der Waals surface area contributed by atoms with Crippen LogP contribution in [0.15, 0.2) is 29.4 Å². The van der Waals surface area contributed by atoms with Crippen LogP contribution in [0.4, 0.5) is 0 Å². The van der Waals surface area contributed by atoms with Crippen LogP contribution in [-0.4, -0.2) is 46.3 Å². The van der Waals surface area contributed by atoms with Crippen LogP contribution in [0.1, 0.15) is 23.4 Å². The number of aryl methyl sites for hydroxylation is 1. The molecule has 9 heteroatoms. The Labute approximate surface area is 163 Å². The van der Waals surface area contributed by atoms with E-state index in [2.05, 4.69) is 15.5 Å². The topological polar surface area (TPSA) is 94.0 Å². The van der Waals surface area contributed by atoms with Gasteiger partial charge in [-0.25, -0.2) is 8.42 Å². The molecule has 27 heavy (non-hydrogen) atoms. The Hall–Kier alpha value is -1.87. The number of nitrogens with zero attached hydrogens (tertiary/aromatic N) is 3. The lowest BCUT2D eigenvalue weighted by atomic mass is 10.1. The van der Waals surface area contributed by atoms with Crippen LogP contribution >= 0.6 is 11.8 Å². The minimum Gasteiger partial charge on any atom is -0.351 e. The number of hydrogen-bond donors (Lipinski definition) is 1. The molecule has 0 saturated carbocycles. The van der Waals surface area contributed by atoms with Gasteiger partial charge in [-0.1, -0.05) is 36.0 Å². The lowest BCUT2D eigenvalue weighted by molar-refractivity contribution is -0.118. The second-order valence-corrected chi connectivity index (χ2v) is 10.1. The van der Waals surface area contributed by atoms with E-state index in [9.17, 15) is 13.2 Å². The molecule has 1 saturated heterocycles. The number of amides is 1. The number of carbonyl (C=O) groups is 1. The first-order chi connectivity index (χ1) is 12.8. The van der Waals surface area contributed by atoms with Gasteiger partial charge in [0.05, 0.1) is 17.3 Å². The fourth-order valence-corrected chi connectivity index (χ4v) is 5.74. The van der Waals surface area contributed by atoms with Gasteiger partial charge >= 0.3 is 0 Å². The first kappa shape index (κ1) is 19.9. The third-order valence-electron chi connectivity index (χ3n) is 4.79. The Kier molecular flexibility index (Phi) is 6.21. The lowest BCUT2D eigenvalue weighted by Crippen LogP contribution is -2.25. The van der Waals surface area contributed by atoms with E-state index in [0.29, 0.717) is 24.5 Å².